The maximum atomic E-state index is 7.00. The number of hydrogen-bond acceptors (Lipinski definition) is 3. The summed E-state index contributed by atoms with van der Waals surface area (Å²) < 4.78 is 0.278. The first kappa shape index (κ1) is 34.6. The van der Waals surface area contributed by atoms with Gasteiger partial charge in [0, 0.05) is 11.9 Å². The van der Waals surface area contributed by atoms with Crippen LogP contribution in [0.1, 0.15) is 100 Å². The average molecular weight is 354 g/mol. The van der Waals surface area contributed by atoms with Gasteiger partial charge in [-0.05, 0) is 39.9 Å². The van der Waals surface area contributed by atoms with E-state index in [4.69, 9.17) is 5.11 Å². The van der Waals surface area contributed by atoms with Crippen LogP contribution in [-0.4, -0.2) is 42.5 Å². The lowest BCUT2D eigenvalue weighted by Crippen LogP contribution is -2.12. The molecule has 0 aromatic rings. The number of hydrogen-bond donors (Lipinski definition) is 2. The van der Waals surface area contributed by atoms with E-state index in [0.29, 0.717) is 0 Å². The Labute approximate surface area is 155 Å². The van der Waals surface area contributed by atoms with E-state index >= 15 is 0 Å². The van der Waals surface area contributed by atoms with Gasteiger partial charge in [0.2, 0.25) is 0 Å². The molecular weight excluding hydrogens is 302 g/mol. The van der Waals surface area contributed by atoms with Crippen molar-refractivity contribution >= 4 is 12.6 Å². The topological polar surface area (TPSA) is 23.5 Å². The zero-order chi connectivity index (χ0) is 19.7. The zero-order valence-electron chi connectivity index (χ0n) is 18.5. The highest BCUT2D eigenvalue weighted by Gasteiger charge is 2.11. The Morgan fingerprint density at radius 2 is 1.09 bits per heavy atom. The quantitative estimate of drug-likeness (QED) is 0.411. The monoisotopic (exact) mass is 353 g/mol. The lowest BCUT2D eigenvalue weighted by Gasteiger charge is -2.17. The highest BCUT2D eigenvalue weighted by molar-refractivity contribution is 7.81. The van der Waals surface area contributed by atoms with Gasteiger partial charge < -0.3 is 10.0 Å². The van der Waals surface area contributed by atoms with Crippen molar-refractivity contribution in [3.8, 4) is 0 Å². The predicted molar refractivity (Wildman–Crippen MR) is 116 cm³/mol. The average Bonchev–Trinajstić information content (AvgIpc) is 2.51. The van der Waals surface area contributed by atoms with E-state index in [0.717, 1.165) is 20.0 Å². The minimum atomic E-state index is 0.278. The molecule has 0 amide bonds. The Kier molecular flexibility index (Phi) is 50.8. The predicted octanol–water partition coefficient (Wildman–Crippen LogP) is 6.67. The molecule has 0 saturated carbocycles. The van der Waals surface area contributed by atoms with Crippen molar-refractivity contribution < 1.29 is 5.11 Å². The van der Waals surface area contributed by atoms with Gasteiger partial charge in [-0.2, -0.15) is 12.6 Å². The first-order valence-electron chi connectivity index (χ1n) is 9.54. The molecule has 0 saturated heterocycles. The van der Waals surface area contributed by atoms with Gasteiger partial charge in [0.1, 0.15) is 0 Å². The van der Waals surface area contributed by atoms with Crippen molar-refractivity contribution in [2.24, 2.45) is 0 Å². The summed E-state index contributed by atoms with van der Waals surface area (Å²) in [6, 6.07) is 0. The summed E-state index contributed by atoms with van der Waals surface area (Å²) in [4.78, 5) is 2.23. The molecule has 0 aliphatic heterocycles. The van der Waals surface area contributed by atoms with Gasteiger partial charge >= 0.3 is 0 Å². The van der Waals surface area contributed by atoms with Gasteiger partial charge in [0.25, 0.3) is 0 Å². The third-order valence-corrected chi connectivity index (χ3v) is 3.36. The molecule has 0 aliphatic carbocycles. The molecule has 0 unspecified atom stereocenters. The van der Waals surface area contributed by atoms with Gasteiger partial charge in [-0.3, -0.25) is 0 Å². The van der Waals surface area contributed by atoms with Crippen molar-refractivity contribution in [1.29, 1.82) is 0 Å². The molecule has 0 aliphatic rings. The molecule has 148 valence electrons. The highest BCUT2D eigenvalue weighted by atomic mass is 32.1. The Morgan fingerprint density at radius 1 is 0.783 bits per heavy atom. The van der Waals surface area contributed by atoms with Gasteiger partial charge in [0.05, 0.1) is 0 Å². The fourth-order valence-electron chi connectivity index (χ4n) is 0.928. The number of aliphatic hydroxyl groups excluding tert-OH is 1. The lowest BCUT2D eigenvalue weighted by molar-refractivity contribution is 0.393. The van der Waals surface area contributed by atoms with Crippen molar-refractivity contribution in [1.82, 2.24) is 4.90 Å². The molecule has 2 nitrogen and oxygen atoms in total. The highest BCUT2D eigenvalue weighted by Crippen LogP contribution is 2.20. The van der Waals surface area contributed by atoms with Gasteiger partial charge in [-0.25, -0.2) is 0 Å². The van der Waals surface area contributed by atoms with Crippen LogP contribution in [0.15, 0.2) is 0 Å². The summed E-state index contributed by atoms with van der Waals surface area (Å²) in [5, 5.41) is 7.00. The molecular formula is C20H51NOS. The Balaban J connectivity index is -0.0000000654. The molecule has 1 N–H and O–H groups in total. The SMILES string of the molecule is CCC.CCC.CCC(C)(S)CC.CCCCCN(C)C.CO. The molecule has 0 spiro atoms. The van der Waals surface area contributed by atoms with Crippen molar-refractivity contribution in [3.63, 3.8) is 0 Å². The van der Waals surface area contributed by atoms with Crippen LogP contribution in [0, 0.1) is 0 Å². The minimum Gasteiger partial charge on any atom is -0.400 e. The third kappa shape index (κ3) is 72.0. The zero-order valence-corrected chi connectivity index (χ0v) is 19.4. The second kappa shape index (κ2) is 33.8. The summed E-state index contributed by atoms with van der Waals surface area (Å²) in [7, 11) is 5.24. The van der Waals surface area contributed by atoms with Crippen LogP contribution in [-0.2, 0) is 0 Å². The van der Waals surface area contributed by atoms with Crippen LogP contribution >= 0.6 is 12.6 Å². The first-order chi connectivity index (χ1) is 10.7. The molecule has 3 heteroatoms. The maximum Gasteiger partial charge on any atom is 0.0319 e. The van der Waals surface area contributed by atoms with Gasteiger partial charge in [-0.15, -0.1) is 0 Å². The molecule has 0 bridgehead atoms. The van der Waals surface area contributed by atoms with E-state index in [-0.39, 0.29) is 4.75 Å². The van der Waals surface area contributed by atoms with Crippen LogP contribution in [0.25, 0.3) is 0 Å². The van der Waals surface area contributed by atoms with Crippen LogP contribution in [0.3, 0.4) is 0 Å². The molecule has 0 rings (SSSR count). The fourth-order valence-corrected chi connectivity index (χ4v) is 0.928. The Morgan fingerprint density at radius 3 is 1.22 bits per heavy atom. The van der Waals surface area contributed by atoms with Crippen molar-refractivity contribution in [3.05, 3.63) is 0 Å². The number of thiol groups is 1. The molecule has 0 fully saturated rings. The van der Waals surface area contributed by atoms with E-state index in [9.17, 15) is 0 Å². The third-order valence-electron chi connectivity index (χ3n) is 2.73. The summed E-state index contributed by atoms with van der Waals surface area (Å²) in [6.45, 7) is 18.5. The number of unbranched alkanes of at least 4 members (excludes halogenated alkanes) is 2. The van der Waals surface area contributed by atoms with Crippen molar-refractivity contribution in [2.45, 2.75) is 105 Å². The Bertz CT molecular complexity index is 143. The van der Waals surface area contributed by atoms with E-state index in [1.807, 2.05) is 0 Å². The number of rotatable bonds is 6. The second-order valence-electron chi connectivity index (χ2n) is 6.13. The van der Waals surface area contributed by atoms with Gasteiger partial charge in [0.15, 0.2) is 0 Å². The first-order valence-corrected chi connectivity index (χ1v) is 9.99. The van der Waals surface area contributed by atoms with Crippen LogP contribution in [0.5, 0.6) is 0 Å². The summed E-state index contributed by atoms with van der Waals surface area (Å²) in [5.74, 6) is 0. The minimum absolute atomic E-state index is 0.278. The van der Waals surface area contributed by atoms with Crippen molar-refractivity contribution in [2.75, 3.05) is 27.7 Å². The van der Waals surface area contributed by atoms with Gasteiger partial charge in [-0.1, -0.05) is 81.1 Å². The molecule has 0 radical (unpaired) electrons. The smallest absolute Gasteiger partial charge is 0.0319 e. The molecule has 0 heterocycles. The normalized spacial score (nSPS) is 9.13. The molecule has 23 heavy (non-hydrogen) atoms. The molecule has 0 aromatic carbocycles. The van der Waals surface area contributed by atoms with E-state index in [2.05, 4.69) is 87.0 Å². The van der Waals surface area contributed by atoms with Crippen LogP contribution in [0.4, 0.5) is 0 Å². The summed E-state index contributed by atoms with van der Waals surface area (Å²) in [6.07, 6.45) is 8.87. The van der Waals surface area contributed by atoms with E-state index < -0.39 is 0 Å². The number of aliphatic hydroxyl groups is 1. The Hall–Kier alpha value is 0.270. The van der Waals surface area contributed by atoms with E-state index in [1.165, 1.54) is 38.6 Å². The number of nitrogens with zero attached hydrogens (tertiary/aromatic N) is 1. The lowest BCUT2D eigenvalue weighted by atomic mass is 10.1. The summed E-state index contributed by atoms with van der Waals surface area (Å²) in [5.41, 5.74) is 0. The summed E-state index contributed by atoms with van der Waals surface area (Å²) >= 11 is 4.39. The van der Waals surface area contributed by atoms with E-state index in [1.54, 1.807) is 0 Å². The largest absolute Gasteiger partial charge is 0.400 e. The second-order valence-corrected chi connectivity index (χ2v) is 7.21. The van der Waals surface area contributed by atoms with Crippen LogP contribution in [0.2, 0.25) is 0 Å². The molecule has 0 atom stereocenters. The molecule has 0 aromatic heterocycles. The standard InChI is InChI=1S/C7H17N.C6H14S.2C3H8.CH4O/c1-4-5-6-7-8(2)3;1-4-6(3,7)5-2;2*1-3-2;1-2/h4-7H2,1-3H3;7H,4-5H2,1-3H3;2*3H2,1-2H3;2H,1H3. The maximum absolute atomic E-state index is 7.00. The van der Waals surface area contributed by atoms with Crippen LogP contribution < -0.4 is 0 Å². The fraction of sp³-hybridized carbons (Fsp3) is 1.00.